The van der Waals surface area contributed by atoms with Crippen LogP contribution in [-0.4, -0.2) is 24.8 Å². The summed E-state index contributed by atoms with van der Waals surface area (Å²) >= 11 is 0.954. The summed E-state index contributed by atoms with van der Waals surface area (Å²) in [7, 11) is -3.57. The molecule has 0 radical (unpaired) electrons. The minimum atomic E-state index is -3.57. The molecule has 2 aromatic heterocycles. The summed E-state index contributed by atoms with van der Waals surface area (Å²) in [5.74, 6) is -0.218. The number of fused-ring (bicyclic) bond motifs is 1. The zero-order valence-electron chi connectivity index (χ0n) is 14.3. The van der Waals surface area contributed by atoms with Crippen LogP contribution in [0.4, 0.5) is 0 Å². The maximum atomic E-state index is 12.6. The van der Waals surface area contributed by atoms with Gasteiger partial charge in [0.25, 0.3) is 5.56 Å². The number of rotatable bonds is 3. The molecule has 0 amide bonds. The van der Waals surface area contributed by atoms with E-state index in [9.17, 15) is 18.3 Å². The molecule has 27 heavy (non-hydrogen) atoms. The second-order valence-electron chi connectivity index (χ2n) is 6.15. The molecule has 0 aliphatic rings. The van der Waals surface area contributed by atoms with Crippen molar-refractivity contribution < 1.29 is 13.5 Å². The highest BCUT2D eigenvalue weighted by Crippen LogP contribution is 2.46. The first-order chi connectivity index (χ1) is 12.9. The van der Waals surface area contributed by atoms with Crippen LogP contribution in [0.25, 0.3) is 32.5 Å². The lowest BCUT2D eigenvalue weighted by Gasteiger charge is -2.08. The Morgan fingerprint density at radius 1 is 0.889 bits per heavy atom. The van der Waals surface area contributed by atoms with Gasteiger partial charge in [0.05, 0.1) is 10.9 Å². The van der Waals surface area contributed by atoms with Crippen molar-refractivity contribution in [3.05, 3.63) is 71.0 Å². The zero-order valence-corrected chi connectivity index (χ0v) is 15.9. The van der Waals surface area contributed by atoms with Crippen LogP contribution in [0.1, 0.15) is 0 Å². The van der Waals surface area contributed by atoms with Crippen molar-refractivity contribution in [1.82, 2.24) is 4.98 Å². The lowest BCUT2D eigenvalue weighted by molar-refractivity contribution is 0.483. The highest BCUT2D eigenvalue weighted by Gasteiger charge is 2.26. The minimum absolute atomic E-state index is 0.111. The summed E-state index contributed by atoms with van der Waals surface area (Å²) < 4.78 is 24.9. The summed E-state index contributed by atoms with van der Waals surface area (Å²) in [5, 5.41) is 11.3. The van der Waals surface area contributed by atoms with E-state index in [1.54, 1.807) is 48.5 Å². The molecule has 4 aromatic rings. The van der Waals surface area contributed by atoms with Gasteiger partial charge in [-0.05, 0) is 11.1 Å². The first-order valence-electron chi connectivity index (χ1n) is 8.10. The number of nitrogens with one attached hydrogen (secondary N) is 1. The summed E-state index contributed by atoms with van der Waals surface area (Å²) in [6, 6.07) is 17.8. The van der Waals surface area contributed by atoms with E-state index in [4.69, 9.17) is 0 Å². The van der Waals surface area contributed by atoms with E-state index in [2.05, 4.69) is 4.98 Å². The molecule has 0 atom stereocenters. The number of benzene rings is 2. The van der Waals surface area contributed by atoms with Gasteiger partial charge in [0.2, 0.25) is 0 Å². The van der Waals surface area contributed by atoms with E-state index in [0.717, 1.165) is 17.6 Å². The van der Waals surface area contributed by atoms with Gasteiger partial charge >= 0.3 is 0 Å². The average Bonchev–Trinajstić information content (AvgIpc) is 3.03. The average molecular weight is 397 g/mol. The molecule has 0 spiro atoms. The minimum Gasteiger partial charge on any atom is -0.506 e. The van der Waals surface area contributed by atoms with Gasteiger partial charge in [-0.1, -0.05) is 60.7 Å². The molecule has 5 nitrogen and oxygen atoms in total. The van der Waals surface area contributed by atoms with Crippen LogP contribution in [0, 0.1) is 0 Å². The number of aromatic nitrogens is 1. The summed E-state index contributed by atoms with van der Waals surface area (Å²) in [5.41, 5.74) is 1.28. The van der Waals surface area contributed by atoms with Crippen LogP contribution in [0.2, 0.25) is 0 Å². The first kappa shape index (κ1) is 17.5. The van der Waals surface area contributed by atoms with Gasteiger partial charge in [0, 0.05) is 11.8 Å². The normalized spacial score (nSPS) is 11.7. The predicted octanol–water partition coefficient (Wildman–Crippen LogP) is 4.03. The fraction of sp³-hybridized carbons (Fsp3) is 0.0500. The van der Waals surface area contributed by atoms with E-state index in [1.807, 2.05) is 12.1 Å². The van der Waals surface area contributed by atoms with Gasteiger partial charge in [0.15, 0.2) is 9.84 Å². The number of hydrogen-bond donors (Lipinski definition) is 2. The molecule has 2 heterocycles. The van der Waals surface area contributed by atoms with Crippen molar-refractivity contribution in [2.75, 3.05) is 6.26 Å². The van der Waals surface area contributed by atoms with Crippen molar-refractivity contribution in [3.8, 4) is 28.0 Å². The molecule has 0 saturated heterocycles. The van der Waals surface area contributed by atoms with Crippen LogP contribution in [0.5, 0.6) is 5.75 Å². The Morgan fingerprint density at radius 3 is 1.93 bits per heavy atom. The second-order valence-corrected chi connectivity index (χ2v) is 9.38. The molecule has 0 fully saturated rings. The van der Waals surface area contributed by atoms with Gasteiger partial charge in [0.1, 0.15) is 14.8 Å². The Kier molecular flexibility index (Phi) is 4.13. The number of thiophene rings is 1. The molecule has 0 bridgehead atoms. The van der Waals surface area contributed by atoms with Gasteiger partial charge in [-0.3, -0.25) is 4.79 Å². The van der Waals surface area contributed by atoms with E-state index >= 15 is 0 Å². The Bertz CT molecular complexity index is 1310. The van der Waals surface area contributed by atoms with Crippen molar-refractivity contribution in [3.63, 3.8) is 0 Å². The number of H-pyrrole nitrogens is 1. The lowest BCUT2D eigenvalue weighted by atomic mass is 10.0. The molecular formula is C20H15NO4S2. The Balaban J connectivity index is 2.18. The molecule has 0 aliphatic heterocycles. The predicted molar refractivity (Wildman–Crippen MR) is 108 cm³/mol. The number of sulfone groups is 1. The fourth-order valence-electron chi connectivity index (χ4n) is 3.12. The molecule has 0 unspecified atom stereocenters. The van der Waals surface area contributed by atoms with Crippen LogP contribution in [-0.2, 0) is 9.84 Å². The molecule has 2 aromatic carbocycles. The highest BCUT2D eigenvalue weighted by atomic mass is 32.2. The maximum absolute atomic E-state index is 12.6. The van der Waals surface area contributed by atoms with Gasteiger partial charge in [-0.15, -0.1) is 11.3 Å². The largest absolute Gasteiger partial charge is 0.506 e. The Labute approximate surface area is 159 Å². The van der Waals surface area contributed by atoms with Crippen molar-refractivity contribution in [2.45, 2.75) is 4.21 Å². The zero-order chi connectivity index (χ0) is 19.2. The fourth-order valence-corrected chi connectivity index (χ4v) is 5.52. The molecule has 4 rings (SSSR count). The van der Waals surface area contributed by atoms with Crippen LogP contribution in [0.3, 0.4) is 0 Å². The first-order valence-corrected chi connectivity index (χ1v) is 10.8. The van der Waals surface area contributed by atoms with E-state index in [1.165, 1.54) is 0 Å². The number of hydrogen-bond acceptors (Lipinski definition) is 5. The number of aromatic hydroxyl groups is 1. The van der Waals surface area contributed by atoms with Crippen molar-refractivity contribution >= 4 is 31.4 Å². The molecule has 0 aliphatic carbocycles. The topological polar surface area (TPSA) is 87.2 Å². The summed E-state index contributed by atoms with van der Waals surface area (Å²) in [4.78, 5) is 15.7. The monoisotopic (exact) mass is 397 g/mol. The molecular weight excluding hydrogens is 382 g/mol. The van der Waals surface area contributed by atoms with E-state index < -0.39 is 15.4 Å². The smallest absolute Gasteiger partial charge is 0.260 e. The Morgan fingerprint density at radius 2 is 1.41 bits per heavy atom. The molecule has 2 N–H and O–H groups in total. The Hall–Kier alpha value is -2.90. The number of pyridine rings is 1. The third kappa shape index (κ3) is 2.94. The standard InChI is InChI=1S/C20H15NO4S2/c1-27(24,25)20-14(12-8-4-2-5-9-12)16-17(22)15(13-10-6-3-7-11-13)18(23)21-19(16)26-20/h2-11H,1H3,(H2,21,22,23). The maximum Gasteiger partial charge on any atom is 0.260 e. The molecule has 136 valence electrons. The van der Waals surface area contributed by atoms with E-state index in [-0.39, 0.29) is 15.5 Å². The lowest BCUT2D eigenvalue weighted by Crippen LogP contribution is -2.08. The van der Waals surface area contributed by atoms with Crippen LogP contribution in [0.15, 0.2) is 69.7 Å². The third-order valence-electron chi connectivity index (χ3n) is 4.27. The van der Waals surface area contributed by atoms with Crippen molar-refractivity contribution in [1.29, 1.82) is 0 Å². The van der Waals surface area contributed by atoms with Crippen molar-refractivity contribution in [2.24, 2.45) is 0 Å². The van der Waals surface area contributed by atoms with Gasteiger partial charge < -0.3 is 10.1 Å². The van der Waals surface area contributed by atoms with Crippen LogP contribution < -0.4 is 5.56 Å². The van der Waals surface area contributed by atoms with E-state index in [0.29, 0.717) is 26.9 Å². The van der Waals surface area contributed by atoms with Crippen LogP contribution >= 0.6 is 11.3 Å². The van der Waals surface area contributed by atoms with Gasteiger partial charge in [-0.2, -0.15) is 0 Å². The quantitative estimate of drug-likeness (QED) is 0.546. The highest BCUT2D eigenvalue weighted by molar-refractivity contribution is 7.93. The van der Waals surface area contributed by atoms with Gasteiger partial charge in [-0.25, -0.2) is 8.42 Å². The number of aromatic amines is 1. The summed E-state index contributed by atoms with van der Waals surface area (Å²) in [6.07, 6.45) is 1.12. The third-order valence-corrected chi connectivity index (χ3v) is 7.20. The summed E-state index contributed by atoms with van der Waals surface area (Å²) in [6.45, 7) is 0. The molecule has 0 saturated carbocycles. The molecule has 7 heteroatoms. The SMILES string of the molecule is CS(=O)(=O)c1sc2[nH]c(=O)c(-c3ccccc3)c(O)c2c1-c1ccccc1. The second kappa shape index (κ2) is 6.37.